The highest BCUT2D eigenvalue weighted by Crippen LogP contribution is 2.17. The fourth-order valence-electron chi connectivity index (χ4n) is 3.34. The Morgan fingerprint density at radius 1 is 0.658 bits per heavy atom. The van der Waals surface area contributed by atoms with Crippen LogP contribution in [0.1, 0.15) is 107 Å². The minimum absolute atomic E-state index is 0.0312. The lowest BCUT2D eigenvalue weighted by Crippen LogP contribution is -2.20. The second-order valence-electron chi connectivity index (χ2n) is 8.97. The predicted molar refractivity (Wildman–Crippen MR) is 135 cm³/mol. The average molecular weight is 577 g/mol. The van der Waals surface area contributed by atoms with Crippen molar-refractivity contribution in [2.45, 2.75) is 109 Å². The first-order valence-corrected chi connectivity index (χ1v) is 13.4. The van der Waals surface area contributed by atoms with E-state index in [9.17, 15) is 35.9 Å². The molecule has 0 saturated heterocycles. The molecule has 0 fully saturated rings. The zero-order valence-corrected chi connectivity index (χ0v) is 22.7. The summed E-state index contributed by atoms with van der Waals surface area (Å²) in [4.78, 5) is 22.1. The predicted octanol–water partition coefficient (Wildman–Crippen LogP) is 9.63. The van der Waals surface area contributed by atoms with E-state index in [0.29, 0.717) is 11.4 Å². The van der Waals surface area contributed by atoms with Crippen molar-refractivity contribution in [2.24, 2.45) is 0 Å². The summed E-state index contributed by atoms with van der Waals surface area (Å²) in [6.45, 7) is -0.829. The maximum absolute atomic E-state index is 11.8. The van der Waals surface area contributed by atoms with Gasteiger partial charge in [0.25, 0.3) is 0 Å². The van der Waals surface area contributed by atoms with Crippen LogP contribution < -0.4 is 0 Å². The van der Waals surface area contributed by atoms with E-state index in [-0.39, 0.29) is 12.0 Å². The molecule has 0 amide bonds. The van der Waals surface area contributed by atoms with Gasteiger partial charge in [-0.3, -0.25) is 4.79 Å². The van der Waals surface area contributed by atoms with E-state index >= 15 is 0 Å². The molecule has 38 heavy (non-hydrogen) atoms. The number of esters is 2. The summed E-state index contributed by atoms with van der Waals surface area (Å²) in [5.41, 5.74) is 0.0312. The third-order valence-corrected chi connectivity index (χ3v) is 5.58. The van der Waals surface area contributed by atoms with Crippen LogP contribution in [0.15, 0.2) is 24.3 Å². The fourth-order valence-corrected chi connectivity index (χ4v) is 3.46. The molecular weight excluding hydrogens is 538 g/mol. The van der Waals surface area contributed by atoms with Crippen molar-refractivity contribution in [1.29, 1.82) is 0 Å². The van der Waals surface area contributed by atoms with E-state index in [0.717, 1.165) is 19.3 Å². The Kier molecular flexibility index (Phi) is 19.8. The number of halogens is 7. The zero-order valence-electron chi connectivity index (χ0n) is 21.9. The van der Waals surface area contributed by atoms with Crippen molar-refractivity contribution in [3.8, 4) is 0 Å². The lowest BCUT2D eigenvalue weighted by atomic mass is 10.0. The van der Waals surface area contributed by atoms with Gasteiger partial charge in [-0.1, -0.05) is 95.6 Å². The van der Waals surface area contributed by atoms with Gasteiger partial charge in [0.05, 0.1) is 5.56 Å². The Bertz CT molecular complexity index is 751. The Morgan fingerprint density at radius 2 is 1.05 bits per heavy atom. The van der Waals surface area contributed by atoms with Gasteiger partial charge in [-0.2, -0.15) is 26.3 Å². The summed E-state index contributed by atoms with van der Waals surface area (Å²) in [7, 11) is 0. The minimum Gasteiger partial charge on any atom is -0.456 e. The maximum atomic E-state index is 11.8. The molecule has 0 aromatic heterocycles. The molecule has 0 aliphatic rings. The number of alkyl halides is 6. The lowest BCUT2D eigenvalue weighted by molar-refractivity contribution is -0.186. The molecule has 0 saturated carbocycles. The van der Waals surface area contributed by atoms with Crippen molar-refractivity contribution in [3.63, 3.8) is 0 Å². The summed E-state index contributed by atoms with van der Waals surface area (Å²) in [5.74, 6) is -1.77. The van der Waals surface area contributed by atoms with Crippen molar-refractivity contribution < 1.29 is 45.4 Å². The molecule has 0 N–H and O–H groups in total. The number of carbonyl (C=O) groups is 2. The number of hydrogen-bond acceptors (Lipinski definition) is 4. The van der Waals surface area contributed by atoms with Gasteiger partial charge >= 0.3 is 24.3 Å². The van der Waals surface area contributed by atoms with E-state index in [1.807, 2.05) is 0 Å². The van der Waals surface area contributed by atoms with Gasteiger partial charge < -0.3 is 9.47 Å². The fraction of sp³-hybridized carbons (Fsp3) is 0.704. The molecule has 11 heteroatoms. The standard InChI is InChI=1S/C18H33F3O2.C9H6ClF3O2/c1-2-3-4-5-6-7-8-9-10-11-12-13-14-15-17(22)23-16-18(19,20)21;10-7-3-1-6(2-4-7)8(14)15-5-9(11,12)13/h2-16H2,1H3;1-4H,5H2. The summed E-state index contributed by atoms with van der Waals surface area (Å²) in [6, 6.07) is 5.37. The third-order valence-electron chi connectivity index (χ3n) is 5.33. The van der Waals surface area contributed by atoms with Crippen LogP contribution >= 0.6 is 11.6 Å². The Morgan fingerprint density at radius 3 is 1.47 bits per heavy atom. The van der Waals surface area contributed by atoms with Gasteiger partial charge in [0.15, 0.2) is 13.2 Å². The molecule has 0 aliphatic heterocycles. The highest BCUT2D eigenvalue weighted by molar-refractivity contribution is 6.30. The molecule has 4 nitrogen and oxygen atoms in total. The van der Waals surface area contributed by atoms with Gasteiger partial charge in [-0.15, -0.1) is 0 Å². The number of rotatable bonds is 17. The van der Waals surface area contributed by atoms with Gasteiger partial charge in [-0.25, -0.2) is 4.79 Å². The monoisotopic (exact) mass is 576 g/mol. The zero-order chi connectivity index (χ0) is 28.9. The van der Waals surface area contributed by atoms with Crippen LogP contribution in [0.2, 0.25) is 5.02 Å². The molecule has 0 unspecified atom stereocenters. The molecule has 0 bridgehead atoms. The van der Waals surface area contributed by atoms with Crippen LogP contribution in [0.3, 0.4) is 0 Å². The van der Waals surface area contributed by atoms with E-state index in [2.05, 4.69) is 16.4 Å². The van der Waals surface area contributed by atoms with E-state index < -0.39 is 37.5 Å². The number of unbranched alkanes of at least 4 members (excludes halogenated alkanes) is 12. The molecule has 0 atom stereocenters. The van der Waals surface area contributed by atoms with E-state index in [4.69, 9.17) is 11.6 Å². The third kappa shape index (κ3) is 24.4. The Labute approximate surface area is 226 Å². The van der Waals surface area contributed by atoms with Crippen LogP contribution in [0, 0.1) is 0 Å². The first-order chi connectivity index (χ1) is 17.8. The van der Waals surface area contributed by atoms with Gasteiger partial charge in [-0.05, 0) is 30.7 Å². The largest absolute Gasteiger partial charge is 0.456 e. The highest BCUT2D eigenvalue weighted by Gasteiger charge is 2.30. The summed E-state index contributed by atoms with van der Waals surface area (Å²) >= 11 is 5.53. The SMILES string of the molecule is CCCCCCCCCCCCCCCC(=O)OCC(F)(F)F.O=C(OCC(F)(F)F)c1ccc(Cl)cc1. The number of carbonyl (C=O) groups excluding carboxylic acids is 2. The van der Waals surface area contributed by atoms with Gasteiger partial charge in [0, 0.05) is 11.4 Å². The molecule has 0 heterocycles. The summed E-state index contributed by atoms with van der Waals surface area (Å²) in [5, 5.41) is 0.391. The van der Waals surface area contributed by atoms with Crippen LogP contribution in [-0.2, 0) is 14.3 Å². The topological polar surface area (TPSA) is 52.6 Å². The second kappa shape index (κ2) is 20.9. The van der Waals surface area contributed by atoms with Gasteiger partial charge in [0.2, 0.25) is 0 Å². The van der Waals surface area contributed by atoms with Gasteiger partial charge in [0.1, 0.15) is 0 Å². The molecule has 1 aromatic rings. The molecular formula is C27H39ClF6O4. The van der Waals surface area contributed by atoms with Crippen LogP contribution in [0.5, 0.6) is 0 Å². The molecule has 0 spiro atoms. The normalized spacial score (nSPS) is 11.5. The highest BCUT2D eigenvalue weighted by atomic mass is 35.5. The van der Waals surface area contributed by atoms with Crippen molar-refractivity contribution in [3.05, 3.63) is 34.9 Å². The maximum Gasteiger partial charge on any atom is 0.422 e. The number of hydrogen-bond donors (Lipinski definition) is 0. The van der Waals surface area contributed by atoms with E-state index in [1.165, 1.54) is 82.1 Å². The number of ether oxygens (including phenoxy) is 2. The molecule has 1 rings (SSSR count). The Balaban J connectivity index is 0.000000784. The van der Waals surface area contributed by atoms with Crippen molar-refractivity contribution in [2.75, 3.05) is 13.2 Å². The summed E-state index contributed by atoms with van der Waals surface area (Å²) in [6.07, 6.45) is 6.67. The minimum atomic E-state index is -4.51. The second-order valence-corrected chi connectivity index (χ2v) is 9.40. The molecule has 0 aliphatic carbocycles. The molecule has 0 radical (unpaired) electrons. The average Bonchev–Trinajstić information content (AvgIpc) is 2.84. The summed E-state index contributed by atoms with van der Waals surface area (Å²) < 4.78 is 78.8. The van der Waals surface area contributed by atoms with Crippen molar-refractivity contribution >= 4 is 23.5 Å². The molecule has 1 aromatic carbocycles. The Hall–Kier alpha value is -1.97. The quantitative estimate of drug-likeness (QED) is 0.105. The lowest BCUT2D eigenvalue weighted by Gasteiger charge is -2.07. The van der Waals surface area contributed by atoms with E-state index in [1.54, 1.807) is 0 Å². The van der Waals surface area contributed by atoms with Crippen LogP contribution in [-0.4, -0.2) is 37.5 Å². The molecule has 220 valence electrons. The first kappa shape index (κ1) is 36.0. The van der Waals surface area contributed by atoms with Crippen LogP contribution in [0.4, 0.5) is 26.3 Å². The number of benzene rings is 1. The van der Waals surface area contributed by atoms with Crippen LogP contribution in [0.25, 0.3) is 0 Å². The van der Waals surface area contributed by atoms with Crippen molar-refractivity contribution in [1.82, 2.24) is 0 Å². The first-order valence-electron chi connectivity index (χ1n) is 13.1. The smallest absolute Gasteiger partial charge is 0.422 e.